The van der Waals surface area contributed by atoms with Crippen molar-refractivity contribution in [3.8, 4) is 6.07 Å². The molecule has 2 aliphatic heterocycles. The van der Waals surface area contributed by atoms with Gasteiger partial charge >= 0.3 is 6.09 Å². The fourth-order valence-electron chi connectivity index (χ4n) is 3.72. The lowest BCUT2D eigenvalue weighted by molar-refractivity contribution is 0.178. The number of aryl methyl sites for hydroxylation is 1. The molecule has 2 N–H and O–H groups in total. The first-order valence-electron chi connectivity index (χ1n) is 10.3. The molecule has 4 heterocycles. The number of pyridine rings is 1. The van der Waals surface area contributed by atoms with E-state index in [9.17, 15) is 10.1 Å². The molecule has 2 aromatic rings. The van der Waals surface area contributed by atoms with Gasteiger partial charge in [0, 0.05) is 18.8 Å². The average molecular weight is 457 g/mol. The van der Waals surface area contributed by atoms with Gasteiger partial charge in [0.25, 0.3) is 0 Å². The van der Waals surface area contributed by atoms with Crippen molar-refractivity contribution < 1.29 is 9.53 Å². The summed E-state index contributed by atoms with van der Waals surface area (Å²) in [6.45, 7) is 1.55. The number of anilines is 3. The van der Waals surface area contributed by atoms with E-state index in [2.05, 4.69) is 36.6 Å². The second kappa shape index (κ2) is 10.8. The highest BCUT2D eigenvalue weighted by Gasteiger charge is 2.25. The first-order chi connectivity index (χ1) is 15.2. The van der Waals surface area contributed by atoms with Crippen LogP contribution in [0.1, 0.15) is 37.1 Å². The van der Waals surface area contributed by atoms with E-state index >= 15 is 0 Å². The number of aliphatic imine (C=N–C) groups is 1. The number of halogens is 1. The number of carbonyl (C=O) groups excluding carboxylic acids is 1. The number of nitrogens with zero attached hydrogens (tertiary/aromatic N) is 6. The Morgan fingerprint density at radius 2 is 2.25 bits per heavy atom. The summed E-state index contributed by atoms with van der Waals surface area (Å²) in [5.41, 5.74) is 2.82. The normalized spacial score (nSPS) is 17.8. The summed E-state index contributed by atoms with van der Waals surface area (Å²) in [5.74, 6) is 0.390. The zero-order chi connectivity index (χ0) is 21.6. The van der Waals surface area contributed by atoms with Crippen molar-refractivity contribution in [1.29, 1.82) is 5.26 Å². The number of rotatable bonds is 4. The standard InChI is InChI=1S/C21H24N8O2.ClH/c1-31-21(30)29-8-4-6-16-19(29)13-26-20(28-16)27-15-9-17(18(10-22)25-12-15)24-11-14-5-2-3-7-23-14;/h9,11-14,23H,2-8H2,1H3,(H,26,27,28);1H/t14-;/m1./s1. The van der Waals surface area contributed by atoms with Gasteiger partial charge in [0.2, 0.25) is 5.95 Å². The van der Waals surface area contributed by atoms with Crippen LogP contribution >= 0.6 is 12.4 Å². The first-order valence-corrected chi connectivity index (χ1v) is 10.3. The third-order valence-corrected chi connectivity index (χ3v) is 5.30. The number of carbonyl (C=O) groups is 1. The average Bonchev–Trinajstić information content (AvgIpc) is 2.82. The second-order valence-electron chi connectivity index (χ2n) is 7.41. The molecular formula is C21H25ClN8O2. The molecule has 0 saturated carbocycles. The molecule has 168 valence electrons. The van der Waals surface area contributed by atoms with Crippen LogP contribution in [0.5, 0.6) is 0 Å². The number of methoxy groups -OCH3 is 1. The van der Waals surface area contributed by atoms with Crippen LogP contribution in [0.25, 0.3) is 0 Å². The lowest BCUT2D eigenvalue weighted by Gasteiger charge is -2.27. The molecule has 2 aromatic heterocycles. The zero-order valence-electron chi connectivity index (χ0n) is 17.7. The summed E-state index contributed by atoms with van der Waals surface area (Å²) in [6.07, 6.45) is 9.51. The quantitative estimate of drug-likeness (QED) is 0.670. The minimum atomic E-state index is -0.420. The summed E-state index contributed by atoms with van der Waals surface area (Å²) in [7, 11) is 1.36. The molecule has 1 amide bonds. The van der Waals surface area contributed by atoms with Crippen LogP contribution in [0.4, 0.5) is 27.8 Å². The summed E-state index contributed by atoms with van der Waals surface area (Å²) in [4.78, 5) is 31.1. The maximum absolute atomic E-state index is 12.0. The molecule has 0 aliphatic carbocycles. The highest BCUT2D eigenvalue weighted by molar-refractivity contribution is 5.88. The van der Waals surface area contributed by atoms with Crippen LogP contribution in [-0.4, -0.2) is 53.5 Å². The molecule has 0 unspecified atom stereocenters. The molecule has 0 spiro atoms. The van der Waals surface area contributed by atoms with Gasteiger partial charge in [0.15, 0.2) is 5.69 Å². The molecule has 0 radical (unpaired) electrons. The zero-order valence-corrected chi connectivity index (χ0v) is 18.6. The Balaban J connectivity index is 0.00000289. The number of fused-ring (bicyclic) bond motifs is 1. The predicted octanol–water partition coefficient (Wildman–Crippen LogP) is 3.27. The highest BCUT2D eigenvalue weighted by Crippen LogP contribution is 2.28. The summed E-state index contributed by atoms with van der Waals surface area (Å²) in [6, 6.07) is 4.05. The Kier molecular flexibility index (Phi) is 7.92. The Labute approximate surface area is 192 Å². The van der Waals surface area contributed by atoms with E-state index in [0.717, 1.165) is 37.9 Å². The molecule has 1 atom stereocenters. The fourth-order valence-corrected chi connectivity index (χ4v) is 3.72. The van der Waals surface area contributed by atoms with Crippen LogP contribution in [0.15, 0.2) is 23.5 Å². The molecule has 1 saturated heterocycles. The minimum Gasteiger partial charge on any atom is -0.452 e. The summed E-state index contributed by atoms with van der Waals surface area (Å²) >= 11 is 0. The van der Waals surface area contributed by atoms with Gasteiger partial charge < -0.3 is 15.4 Å². The third kappa shape index (κ3) is 5.30. The second-order valence-corrected chi connectivity index (χ2v) is 7.41. The van der Waals surface area contributed by atoms with Crippen molar-refractivity contribution in [2.75, 3.05) is 30.4 Å². The number of piperidine rings is 1. The van der Waals surface area contributed by atoms with Crippen LogP contribution in [-0.2, 0) is 11.2 Å². The van der Waals surface area contributed by atoms with Gasteiger partial charge in [-0.15, -0.1) is 12.4 Å². The van der Waals surface area contributed by atoms with Gasteiger partial charge in [-0.05, 0) is 38.3 Å². The van der Waals surface area contributed by atoms with Crippen molar-refractivity contribution in [3.05, 3.63) is 29.8 Å². The molecule has 32 heavy (non-hydrogen) atoms. The Hall–Kier alpha value is -3.29. The largest absolute Gasteiger partial charge is 0.452 e. The summed E-state index contributed by atoms with van der Waals surface area (Å²) in [5, 5.41) is 15.9. The lowest BCUT2D eigenvalue weighted by Crippen LogP contribution is -2.35. The number of hydrogen-bond acceptors (Lipinski definition) is 9. The molecule has 11 heteroatoms. The van der Waals surface area contributed by atoms with E-state index in [0.29, 0.717) is 29.6 Å². The maximum atomic E-state index is 12.0. The number of amides is 1. The number of nitriles is 1. The molecule has 0 aromatic carbocycles. The smallest absolute Gasteiger partial charge is 0.414 e. The minimum absolute atomic E-state index is 0. The Bertz CT molecular complexity index is 1030. The number of aromatic nitrogens is 3. The van der Waals surface area contributed by atoms with Gasteiger partial charge in [-0.1, -0.05) is 6.42 Å². The van der Waals surface area contributed by atoms with Crippen LogP contribution < -0.4 is 15.5 Å². The number of ether oxygens (including phenoxy) is 1. The van der Waals surface area contributed by atoms with E-state index in [-0.39, 0.29) is 24.1 Å². The van der Waals surface area contributed by atoms with E-state index in [1.165, 1.54) is 18.4 Å². The molecule has 10 nitrogen and oxygen atoms in total. The Morgan fingerprint density at radius 3 is 3.00 bits per heavy atom. The first kappa shape index (κ1) is 23.4. The molecular weight excluding hydrogens is 432 g/mol. The van der Waals surface area contributed by atoms with Crippen LogP contribution in [0.2, 0.25) is 0 Å². The van der Waals surface area contributed by atoms with E-state index in [1.807, 2.05) is 6.21 Å². The van der Waals surface area contributed by atoms with Crippen molar-refractivity contribution in [1.82, 2.24) is 20.3 Å². The topological polar surface area (TPSA) is 128 Å². The number of hydrogen-bond donors (Lipinski definition) is 2. The molecule has 4 rings (SSSR count). The van der Waals surface area contributed by atoms with Crippen molar-refractivity contribution in [2.45, 2.75) is 38.1 Å². The summed E-state index contributed by atoms with van der Waals surface area (Å²) < 4.78 is 4.84. The van der Waals surface area contributed by atoms with Crippen LogP contribution in [0.3, 0.4) is 0 Å². The van der Waals surface area contributed by atoms with Crippen molar-refractivity contribution in [2.24, 2.45) is 4.99 Å². The van der Waals surface area contributed by atoms with Gasteiger partial charge in [-0.3, -0.25) is 9.89 Å². The molecule has 2 aliphatic rings. The van der Waals surface area contributed by atoms with Crippen molar-refractivity contribution in [3.63, 3.8) is 0 Å². The van der Waals surface area contributed by atoms with Gasteiger partial charge in [-0.25, -0.2) is 19.7 Å². The predicted molar refractivity (Wildman–Crippen MR) is 123 cm³/mol. The SMILES string of the molecule is COC(=O)N1CCCc2nc(Nc3cnc(C#N)c(N=C[C@H]4CCCCN4)c3)ncc21.Cl. The fraction of sp³-hybridized carbons (Fsp3) is 0.429. The van der Waals surface area contributed by atoms with Crippen molar-refractivity contribution >= 4 is 47.7 Å². The van der Waals surface area contributed by atoms with Gasteiger partial charge in [0.05, 0.1) is 36.6 Å². The van der Waals surface area contributed by atoms with Gasteiger partial charge in [-0.2, -0.15) is 5.26 Å². The third-order valence-electron chi connectivity index (χ3n) is 5.30. The van der Waals surface area contributed by atoms with Gasteiger partial charge in [0.1, 0.15) is 11.8 Å². The van der Waals surface area contributed by atoms with Crippen LogP contribution in [0, 0.1) is 11.3 Å². The molecule has 0 bridgehead atoms. The monoisotopic (exact) mass is 456 g/mol. The van der Waals surface area contributed by atoms with E-state index in [4.69, 9.17) is 4.74 Å². The van der Waals surface area contributed by atoms with E-state index < -0.39 is 6.09 Å². The van der Waals surface area contributed by atoms with E-state index in [1.54, 1.807) is 18.5 Å². The Morgan fingerprint density at radius 1 is 1.38 bits per heavy atom. The highest BCUT2D eigenvalue weighted by atomic mass is 35.5. The number of nitrogens with one attached hydrogen (secondary N) is 2. The maximum Gasteiger partial charge on any atom is 0.414 e. The molecule has 1 fully saturated rings. The lowest BCUT2D eigenvalue weighted by atomic mass is 10.1.